The van der Waals surface area contributed by atoms with Crippen molar-refractivity contribution < 1.29 is 0 Å². The molecule has 0 atom stereocenters. The summed E-state index contributed by atoms with van der Waals surface area (Å²) in [4.78, 5) is 7.67. The van der Waals surface area contributed by atoms with Crippen LogP contribution >= 0.6 is 0 Å². The van der Waals surface area contributed by atoms with Gasteiger partial charge in [0.2, 0.25) is 0 Å². The Hall–Kier alpha value is -1.62. The van der Waals surface area contributed by atoms with Crippen LogP contribution in [0.4, 0.5) is 0 Å². The fourth-order valence-electron chi connectivity index (χ4n) is 1.74. The largest absolute Gasteiger partial charge is 0.342 e. The molecule has 0 aliphatic heterocycles. The second-order valence-corrected chi connectivity index (χ2v) is 3.81. The van der Waals surface area contributed by atoms with E-state index in [1.807, 2.05) is 6.20 Å². The summed E-state index contributed by atoms with van der Waals surface area (Å²) in [6.45, 7) is 2.76. The first-order chi connectivity index (χ1) is 7.85. The number of imidazole rings is 1. The highest BCUT2D eigenvalue weighted by Gasteiger charge is 2.10. The van der Waals surface area contributed by atoms with Gasteiger partial charge in [0.15, 0.2) is 0 Å². The lowest BCUT2D eigenvalue weighted by Gasteiger charge is -1.97. The van der Waals surface area contributed by atoms with Gasteiger partial charge in [0, 0.05) is 24.0 Å². The molecule has 86 valence electrons. The lowest BCUT2D eigenvalue weighted by molar-refractivity contribution is 0.891. The van der Waals surface area contributed by atoms with Gasteiger partial charge in [0.1, 0.15) is 5.82 Å². The minimum absolute atomic E-state index is 0.609. The van der Waals surface area contributed by atoms with Crippen LogP contribution < -0.4 is 5.73 Å². The molecule has 5 nitrogen and oxygen atoms in total. The summed E-state index contributed by atoms with van der Waals surface area (Å²) in [6.07, 6.45) is 6.61. The maximum absolute atomic E-state index is 5.54. The first kappa shape index (κ1) is 10.9. The van der Waals surface area contributed by atoms with Gasteiger partial charge in [-0.3, -0.25) is 5.10 Å². The molecule has 0 spiro atoms. The van der Waals surface area contributed by atoms with Crippen LogP contribution in [0.25, 0.3) is 11.4 Å². The smallest absolute Gasteiger partial charge is 0.140 e. The van der Waals surface area contributed by atoms with Crippen molar-refractivity contribution >= 4 is 0 Å². The van der Waals surface area contributed by atoms with Crippen molar-refractivity contribution in [3.05, 3.63) is 23.8 Å². The Kier molecular flexibility index (Phi) is 3.36. The fraction of sp³-hybridized carbons (Fsp3) is 0.455. The molecule has 0 saturated heterocycles. The van der Waals surface area contributed by atoms with Crippen molar-refractivity contribution in [2.45, 2.75) is 26.2 Å². The third-order valence-corrected chi connectivity index (χ3v) is 2.52. The normalized spacial score (nSPS) is 10.9. The van der Waals surface area contributed by atoms with Crippen molar-refractivity contribution in [1.82, 2.24) is 20.2 Å². The summed E-state index contributed by atoms with van der Waals surface area (Å²) < 4.78 is 0. The topological polar surface area (TPSA) is 83.4 Å². The molecule has 0 saturated carbocycles. The molecule has 0 aliphatic rings. The van der Waals surface area contributed by atoms with Gasteiger partial charge in [-0.25, -0.2) is 4.98 Å². The predicted molar refractivity (Wildman–Crippen MR) is 62.9 cm³/mol. The minimum atomic E-state index is 0.609. The monoisotopic (exact) mass is 219 g/mol. The van der Waals surface area contributed by atoms with Gasteiger partial charge in [-0.2, -0.15) is 5.10 Å². The lowest BCUT2D eigenvalue weighted by atomic mass is 10.2. The van der Waals surface area contributed by atoms with Gasteiger partial charge in [-0.15, -0.1) is 0 Å². The van der Waals surface area contributed by atoms with E-state index in [4.69, 9.17) is 5.73 Å². The number of H-pyrrole nitrogens is 2. The number of aromatic nitrogens is 4. The maximum atomic E-state index is 5.54. The van der Waals surface area contributed by atoms with E-state index < -0.39 is 0 Å². The minimum Gasteiger partial charge on any atom is -0.342 e. The average molecular weight is 219 g/mol. The van der Waals surface area contributed by atoms with Gasteiger partial charge in [0.05, 0.1) is 11.8 Å². The molecule has 0 amide bonds. The Labute approximate surface area is 94.5 Å². The number of nitrogens with two attached hydrogens (primary N) is 1. The molecule has 2 aromatic rings. The van der Waals surface area contributed by atoms with Crippen LogP contribution in [0.15, 0.2) is 12.4 Å². The van der Waals surface area contributed by atoms with Crippen LogP contribution in [0.5, 0.6) is 0 Å². The van der Waals surface area contributed by atoms with Gasteiger partial charge >= 0.3 is 0 Å². The third kappa shape index (κ3) is 2.14. The van der Waals surface area contributed by atoms with Gasteiger partial charge in [0.25, 0.3) is 0 Å². The molecule has 4 N–H and O–H groups in total. The first-order valence-electron chi connectivity index (χ1n) is 5.61. The number of aryl methyl sites for hydroxylation is 1. The second-order valence-electron chi connectivity index (χ2n) is 3.81. The number of hydrogen-bond acceptors (Lipinski definition) is 3. The van der Waals surface area contributed by atoms with Crippen molar-refractivity contribution in [3.63, 3.8) is 0 Å². The van der Waals surface area contributed by atoms with Crippen molar-refractivity contribution in [2.24, 2.45) is 5.73 Å². The summed E-state index contributed by atoms with van der Waals surface area (Å²) in [5.74, 6) is 0.876. The second kappa shape index (κ2) is 4.94. The van der Waals surface area contributed by atoms with Gasteiger partial charge in [-0.1, -0.05) is 13.3 Å². The Morgan fingerprint density at radius 3 is 2.94 bits per heavy atom. The SMILES string of the molecule is CCCc1cnc(-c2cn[nH]c2CCN)[nH]1. The van der Waals surface area contributed by atoms with E-state index in [2.05, 4.69) is 27.1 Å². The number of hydrogen-bond donors (Lipinski definition) is 3. The van der Waals surface area contributed by atoms with Crippen LogP contribution in [0.3, 0.4) is 0 Å². The van der Waals surface area contributed by atoms with Crippen LogP contribution in [-0.2, 0) is 12.8 Å². The molecular weight excluding hydrogens is 202 g/mol. The van der Waals surface area contributed by atoms with Crippen LogP contribution in [-0.4, -0.2) is 26.7 Å². The molecule has 5 heteroatoms. The molecular formula is C11H17N5. The highest BCUT2D eigenvalue weighted by Crippen LogP contribution is 2.19. The molecule has 0 radical (unpaired) electrons. The van der Waals surface area contributed by atoms with Crippen molar-refractivity contribution in [1.29, 1.82) is 0 Å². The molecule has 0 bridgehead atoms. The quantitative estimate of drug-likeness (QED) is 0.707. The molecule has 0 aliphatic carbocycles. The molecule has 2 heterocycles. The van der Waals surface area contributed by atoms with E-state index in [9.17, 15) is 0 Å². The molecule has 2 rings (SSSR count). The lowest BCUT2D eigenvalue weighted by Crippen LogP contribution is -2.04. The highest BCUT2D eigenvalue weighted by molar-refractivity contribution is 5.57. The van der Waals surface area contributed by atoms with E-state index in [0.29, 0.717) is 6.54 Å². The number of rotatable bonds is 5. The van der Waals surface area contributed by atoms with Crippen molar-refractivity contribution in [3.8, 4) is 11.4 Å². The van der Waals surface area contributed by atoms with E-state index in [0.717, 1.165) is 42.0 Å². The Balaban J connectivity index is 2.24. The number of nitrogens with zero attached hydrogens (tertiary/aromatic N) is 2. The Morgan fingerprint density at radius 2 is 2.19 bits per heavy atom. The molecule has 0 unspecified atom stereocenters. The van der Waals surface area contributed by atoms with E-state index >= 15 is 0 Å². The van der Waals surface area contributed by atoms with Crippen LogP contribution in [0, 0.1) is 0 Å². The van der Waals surface area contributed by atoms with Crippen LogP contribution in [0.1, 0.15) is 24.7 Å². The maximum Gasteiger partial charge on any atom is 0.140 e. The Bertz CT molecular complexity index is 443. The van der Waals surface area contributed by atoms with E-state index in [-0.39, 0.29) is 0 Å². The van der Waals surface area contributed by atoms with Crippen molar-refractivity contribution in [2.75, 3.05) is 6.54 Å². The number of nitrogens with one attached hydrogen (secondary N) is 2. The zero-order valence-electron chi connectivity index (χ0n) is 9.45. The average Bonchev–Trinajstić information content (AvgIpc) is 2.87. The zero-order valence-corrected chi connectivity index (χ0v) is 9.45. The van der Waals surface area contributed by atoms with E-state index in [1.165, 1.54) is 0 Å². The highest BCUT2D eigenvalue weighted by atomic mass is 15.1. The first-order valence-corrected chi connectivity index (χ1v) is 5.61. The molecule has 0 fully saturated rings. The number of aromatic amines is 2. The molecule has 2 aromatic heterocycles. The summed E-state index contributed by atoms with van der Waals surface area (Å²) in [5, 5.41) is 6.99. The van der Waals surface area contributed by atoms with Gasteiger partial charge in [-0.05, 0) is 13.0 Å². The summed E-state index contributed by atoms with van der Waals surface area (Å²) >= 11 is 0. The van der Waals surface area contributed by atoms with E-state index in [1.54, 1.807) is 6.20 Å². The van der Waals surface area contributed by atoms with Crippen LogP contribution in [0.2, 0.25) is 0 Å². The van der Waals surface area contributed by atoms with Gasteiger partial charge < -0.3 is 10.7 Å². The predicted octanol–water partition coefficient (Wildman–Crippen LogP) is 1.25. The molecule has 0 aromatic carbocycles. The molecule has 16 heavy (non-hydrogen) atoms. The Morgan fingerprint density at radius 1 is 1.31 bits per heavy atom. The summed E-state index contributed by atoms with van der Waals surface area (Å²) in [7, 11) is 0. The third-order valence-electron chi connectivity index (χ3n) is 2.52. The summed E-state index contributed by atoms with van der Waals surface area (Å²) in [6, 6.07) is 0. The zero-order chi connectivity index (χ0) is 11.4. The fourth-order valence-corrected chi connectivity index (χ4v) is 1.74. The standard InChI is InChI=1S/C11H17N5/c1-2-3-8-6-13-11(15-8)9-7-14-16-10(9)4-5-12/h6-7H,2-5,12H2,1H3,(H,13,15)(H,14,16). The summed E-state index contributed by atoms with van der Waals surface area (Å²) in [5.41, 5.74) is 8.77.